The van der Waals surface area contributed by atoms with E-state index in [1.54, 1.807) is 23.1 Å². The number of carbonyl (C=O) groups excluding carboxylic acids is 1. The van der Waals surface area contributed by atoms with Crippen molar-refractivity contribution in [3.63, 3.8) is 0 Å². The zero-order chi connectivity index (χ0) is 13.1. The molecule has 18 heavy (non-hydrogen) atoms. The van der Waals surface area contributed by atoms with Gasteiger partial charge >= 0.3 is 5.97 Å². The average molecular weight is 248 g/mol. The molecule has 1 aromatic rings. The van der Waals surface area contributed by atoms with Crippen molar-refractivity contribution in [2.75, 3.05) is 13.1 Å². The first-order valence-corrected chi connectivity index (χ1v) is 5.97. The number of nitrogens with two attached hydrogens (primary N) is 1. The minimum atomic E-state index is -1.08. The maximum Gasteiger partial charge on any atom is 0.336 e. The summed E-state index contributed by atoms with van der Waals surface area (Å²) in [7, 11) is 0. The molecule has 1 saturated heterocycles. The molecule has 1 fully saturated rings. The molecule has 0 atom stereocenters. The molecule has 1 aliphatic rings. The van der Waals surface area contributed by atoms with E-state index in [-0.39, 0.29) is 23.1 Å². The quantitative estimate of drug-likeness (QED) is 0.816. The van der Waals surface area contributed by atoms with Gasteiger partial charge in [0.15, 0.2) is 0 Å². The lowest BCUT2D eigenvalue weighted by molar-refractivity contribution is 0.0662. The Labute approximate surface area is 105 Å². The Kier molecular flexibility index (Phi) is 3.62. The molecule has 0 spiro atoms. The highest BCUT2D eigenvalue weighted by atomic mass is 16.4. The molecular weight excluding hydrogens is 232 g/mol. The first kappa shape index (κ1) is 12.6. The van der Waals surface area contributed by atoms with E-state index in [1.807, 2.05) is 0 Å². The van der Waals surface area contributed by atoms with Gasteiger partial charge in [-0.25, -0.2) is 4.79 Å². The van der Waals surface area contributed by atoms with Gasteiger partial charge in [0.2, 0.25) is 0 Å². The number of benzene rings is 1. The Bertz CT molecular complexity index is 465. The number of likely N-dealkylation sites (tertiary alicyclic amines) is 1. The summed E-state index contributed by atoms with van der Waals surface area (Å²) in [4.78, 5) is 25.0. The predicted octanol–water partition coefficient (Wildman–Crippen LogP) is 0.948. The van der Waals surface area contributed by atoms with E-state index in [1.165, 1.54) is 6.07 Å². The van der Waals surface area contributed by atoms with Gasteiger partial charge in [-0.1, -0.05) is 12.1 Å². The topological polar surface area (TPSA) is 83.6 Å². The third-order valence-corrected chi connectivity index (χ3v) is 3.21. The minimum absolute atomic E-state index is 0.0531. The molecule has 0 aliphatic carbocycles. The van der Waals surface area contributed by atoms with Crippen molar-refractivity contribution in [2.24, 2.45) is 5.73 Å². The number of carbonyl (C=O) groups is 2. The molecule has 1 heterocycles. The largest absolute Gasteiger partial charge is 0.478 e. The first-order chi connectivity index (χ1) is 8.59. The van der Waals surface area contributed by atoms with Gasteiger partial charge in [0, 0.05) is 19.1 Å². The molecule has 3 N–H and O–H groups in total. The summed E-state index contributed by atoms with van der Waals surface area (Å²) < 4.78 is 0. The maximum atomic E-state index is 12.3. The number of hydrogen-bond donors (Lipinski definition) is 2. The van der Waals surface area contributed by atoms with Crippen LogP contribution in [0.25, 0.3) is 0 Å². The highest BCUT2D eigenvalue weighted by Gasteiger charge is 2.24. The van der Waals surface area contributed by atoms with Crippen molar-refractivity contribution in [3.8, 4) is 0 Å². The molecule has 0 radical (unpaired) electrons. The van der Waals surface area contributed by atoms with E-state index < -0.39 is 5.97 Å². The second-order valence-corrected chi connectivity index (χ2v) is 4.48. The molecule has 0 aromatic heterocycles. The Morgan fingerprint density at radius 1 is 1.17 bits per heavy atom. The smallest absolute Gasteiger partial charge is 0.336 e. The third kappa shape index (κ3) is 2.51. The molecule has 1 aromatic carbocycles. The monoisotopic (exact) mass is 248 g/mol. The summed E-state index contributed by atoms with van der Waals surface area (Å²) in [5.74, 6) is -1.30. The van der Waals surface area contributed by atoms with E-state index in [0.717, 1.165) is 12.8 Å². The zero-order valence-corrected chi connectivity index (χ0v) is 10.0. The van der Waals surface area contributed by atoms with Crippen molar-refractivity contribution < 1.29 is 14.7 Å². The predicted molar refractivity (Wildman–Crippen MR) is 66.5 cm³/mol. The van der Waals surface area contributed by atoms with E-state index in [0.29, 0.717) is 13.1 Å². The fourth-order valence-corrected chi connectivity index (χ4v) is 2.13. The summed E-state index contributed by atoms with van der Waals surface area (Å²) >= 11 is 0. The average Bonchev–Trinajstić information content (AvgIpc) is 2.39. The van der Waals surface area contributed by atoms with E-state index in [4.69, 9.17) is 10.8 Å². The maximum absolute atomic E-state index is 12.3. The summed E-state index contributed by atoms with van der Waals surface area (Å²) in [5.41, 5.74) is 6.09. The molecule has 1 amide bonds. The molecular formula is C13H16N2O3. The van der Waals surface area contributed by atoms with Crippen LogP contribution in [0.3, 0.4) is 0 Å². The fourth-order valence-electron chi connectivity index (χ4n) is 2.13. The Morgan fingerprint density at radius 3 is 2.28 bits per heavy atom. The number of aromatic carboxylic acids is 1. The van der Waals surface area contributed by atoms with Gasteiger partial charge in [-0.3, -0.25) is 4.79 Å². The minimum Gasteiger partial charge on any atom is -0.478 e. The van der Waals surface area contributed by atoms with Crippen LogP contribution in [-0.2, 0) is 0 Å². The Hall–Kier alpha value is -1.88. The van der Waals surface area contributed by atoms with Crippen LogP contribution >= 0.6 is 0 Å². The lowest BCUT2D eigenvalue weighted by atomic mass is 10.0. The van der Waals surface area contributed by atoms with Crippen molar-refractivity contribution in [1.29, 1.82) is 0 Å². The highest BCUT2D eigenvalue weighted by molar-refractivity contribution is 6.04. The number of carboxylic acid groups (broad SMARTS) is 1. The Morgan fingerprint density at radius 2 is 1.72 bits per heavy atom. The SMILES string of the molecule is NC1CCN(C(=O)c2ccccc2C(=O)O)CC1. The summed E-state index contributed by atoms with van der Waals surface area (Å²) in [6, 6.07) is 6.44. The standard InChI is InChI=1S/C13H16N2O3/c14-9-5-7-15(8-6-9)12(16)10-3-1-2-4-11(10)13(17)18/h1-4,9H,5-8,14H2,(H,17,18). The number of amides is 1. The molecule has 0 saturated carbocycles. The van der Waals surface area contributed by atoms with E-state index in [9.17, 15) is 9.59 Å². The molecule has 2 rings (SSSR count). The van der Waals surface area contributed by atoms with E-state index in [2.05, 4.69) is 0 Å². The van der Waals surface area contributed by atoms with Crippen LogP contribution in [0.2, 0.25) is 0 Å². The van der Waals surface area contributed by atoms with Crippen LogP contribution in [0.1, 0.15) is 33.6 Å². The lowest BCUT2D eigenvalue weighted by Gasteiger charge is -2.30. The highest BCUT2D eigenvalue weighted by Crippen LogP contribution is 2.16. The van der Waals surface area contributed by atoms with Gasteiger partial charge in [0.05, 0.1) is 11.1 Å². The fraction of sp³-hybridized carbons (Fsp3) is 0.385. The molecule has 96 valence electrons. The van der Waals surface area contributed by atoms with E-state index >= 15 is 0 Å². The zero-order valence-electron chi connectivity index (χ0n) is 10.0. The van der Waals surface area contributed by atoms with Crippen LogP contribution in [0, 0.1) is 0 Å². The second-order valence-electron chi connectivity index (χ2n) is 4.48. The van der Waals surface area contributed by atoms with Gasteiger partial charge in [-0.15, -0.1) is 0 Å². The van der Waals surface area contributed by atoms with Crippen LogP contribution in [0.5, 0.6) is 0 Å². The summed E-state index contributed by atoms with van der Waals surface area (Å²) in [6.45, 7) is 1.18. The van der Waals surface area contributed by atoms with Gasteiger partial charge < -0.3 is 15.7 Å². The van der Waals surface area contributed by atoms with Crippen LogP contribution in [0.4, 0.5) is 0 Å². The van der Waals surface area contributed by atoms with Gasteiger partial charge in [0.25, 0.3) is 5.91 Å². The van der Waals surface area contributed by atoms with Crippen LogP contribution in [0.15, 0.2) is 24.3 Å². The van der Waals surface area contributed by atoms with Gasteiger partial charge in [-0.2, -0.15) is 0 Å². The van der Waals surface area contributed by atoms with Crippen molar-refractivity contribution in [3.05, 3.63) is 35.4 Å². The first-order valence-electron chi connectivity index (χ1n) is 5.97. The van der Waals surface area contributed by atoms with Crippen LogP contribution in [-0.4, -0.2) is 41.0 Å². The normalized spacial score (nSPS) is 16.6. The van der Waals surface area contributed by atoms with Crippen molar-refractivity contribution >= 4 is 11.9 Å². The number of rotatable bonds is 2. The molecule has 1 aliphatic heterocycles. The second kappa shape index (κ2) is 5.18. The Balaban J connectivity index is 2.21. The lowest BCUT2D eigenvalue weighted by Crippen LogP contribution is -2.43. The van der Waals surface area contributed by atoms with Crippen LogP contribution < -0.4 is 5.73 Å². The number of carboxylic acids is 1. The summed E-state index contributed by atoms with van der Waals surface area (Å²) in [6.07, 6.45) is 1.53. The van der Waals surface area contributed by atoms with Gasteiger partial charge in [0.1, 0.15) is 0 Å². The molecule has 0 bridgehead atoms. The van der Waals surface area contributed by atoms with Gasteiger partial charge in [-0.05, 0) is 25.0 Å². The van der Waals surface area contributed by atoms with Crippen molar-refractivity contribution in [1.82, 2.24) is 4.90 Å². The molecule has 0 unspecified atom stereocenters. The number of hydrogen-bond acceptors (Lipinski definition) is 3. The summed E-state index contributed by atoms with van der Waals surface area (Å²) in [5, 5.41) is 9.06. The third-order valence-electron chi connectivity index (χ3n) is 3.21. The number of nitrogens with zero attached hydrogens (tertiary/aromatic N) is 1. The number of piperidine rings is 1. The molecule has 5 nitrogen and oxygen atoms in total. The molecule has 5 heteroatoms. The van der Waals surface area contributed by atoms with Crippen molar-refractivity contribution in [2.45, 2.75) is 18.9 Å².